The predicted molar refractivity (Wildman–Crippen MR) is 117 cm³/mol. The molecule has 8 nitrogen and oxygen atoms in total. The highest BCUT2D eigenvalue weighted by Crippen LogP contribution is 2.33. The summed E-state index contributed by atoms with van der Waals surface area (Å²) < 4.78 is 1.73. The SMILES string of the molecule is Cn1cc(-c2ccc(-c3cnc(NC4CC(C)(C)NC(C)(C)C4)nn3)c(O)c2)cn1. The topological polar surface area (TPSA) is 101 Å². The fraction of sp³-hybridized carbons (Fsp3) is 0.455. The second kappa shape index (κ2) is 7.36. The quantitative estimate of drug-likeness (QED) is 0.609. The lowest BCUT2D eigenvalue weighted by Gasteiger charge is -2.46. The number of aryl methyl sites for hydroxylation is 1. The predicted octanol–water partition coefficient (Wildman–Crippen LogP) is 3.37. The molecule has 1 fully saturated rings. The molecule has 0 unspecified atom stereocenters. The Kier molecular flexibility index (Phi) is 4.97. The van der Waals surface area contributed by atoms with Crippen molar-refractivity contribution in [2.45, 2.75) is 57.7 Å². The summed E-state index contributed by atoms with van der Waals surface area (Å²) in [5.41, 5.74) is 3.03. The summed E-state index contributed by atoms with van der Waals surface area (Å²) >= 11 is 0. The summed E-state index contributed by atoms with van der Waals surface area (Å²) in [6.45, 7) is 8.84. The van der Waals surface area contributed by atoms with Crippen LogP contribution in [0.25, 0.3) is 22.4 Å². The Bertz CT molecular complexity index is 1020. The van der Waals surface area contributed by atoms with Gasteiger partial charge in [0, 0.05) is 41.5 Å². The standard InChI is InChI=1S/C22H29N7O/c1-21(2)9-16(10-22(3,4)28-21)25-20-23-12-18(26-27-20)17-7-6-14(8-19(17)30)15-11-24-29(5)13-15/h6-8,11-13,16,28,30H,9-10H2,1-5H3,(H,23,25,27). The number of nitrogens with zero attached hydrogens (tertiary/aromatic N) is 5. The number of piperidine rings is 1. The fourth-order valence-electron chi connectivity index (χ4n) is 4.57. The maximum atomic E-state index is 10.5. The van der Waals surface area contributed by atoms with E-state index in [0.717, 1.165) is 24.0 Å². The third kappa shape index (κ3) is 4.43. The van der Waals surface area contributed by atoms with Gasteiger partial charge in [-0.1, -0.05) is 6.07 Å². The van der Waals surface area contributed by atoms with E-state index < -0.39 is 0 Å². The number of hydrogen-bond acceptors (Lipinski definition) is 7. The zero-order valence-corrected chi connectivity index (χ0v) is 18.1. The molecule has 8 heteroatoms. The van der Waals surface area contributed by atoms with Crippen LogP contribution in [0.4, 0.5) is 5.95 Å². The van der Waals surface area contributed by atoms with Crippen LogP contribution in [-0.4, -0.2) is 47.2 Å². The molecule has 0 spiro atoms. The van der Waals surface area contributed by atoms with E-state index in [4.69, 9.17) is 0 Å². The van der Waals surface area contributed by atoms with E-state index in [1.165, 1.54) is 0 Å². The van der Waals surface area contributed by atoms with Gasteiger partial charge in [-0.05, 0) is 58.2 Å². The molecule has 1 saturated heterocycles. The molecule has 30 heavy (non-hydrogen) atoms. The lowest BCUT2D eigenvalue weighted by Crippen LogP contribution is -2.60. The molecule has 0 saturated carbocycles. The first-order chi connectivity index (χ1) is 14.1. The maximum absolute atomic E-state index is 10.5. The summed E-state index contributed by atoms with van der Waals surface area (Å²) in [5, 5.41) is 30.3. The first kappa shape index (κ1) is 20.3. The first-order valence-electron chi connectivity index (χ1n) is 10.2. The Morgan fingerprint density at radius 1 is 1.07 bits per heavy atom. The number of anilines is 1. The van der Waals surface area contributed by atoms with Gasteiger partial charge in [-0.3, -0.25) is 4.68 Å². The van der Waals surface area contributed by atoms with Gasteiger partial charge >= 0.3 is 0 Å². The molecular formula is C22H29N7O. The number of benzene rings is 1. The number of rotatable bonds is 4. The van der Waals surface area contributed by atoms with Crippen molar-refractivity contribution in [1.82, 2.24) is 30.3 Å². The van der Waals surface area contributed by atoms with Gasteiger partial charge in [0.1, 0.15) is 11.4 Å². The summed E-state index contributed by atoms with van der Waals surface area (Å²) in [6, 6.07) is 5.73. The molecular weight excluding hydrogens is 378 g/mol. The van der Waals surface area contributed by atoms with E-state index in [0.29, 0.717) is 17.2 Å². The van der Waals surface area contributed by atoms with Crippen LogP contribution in [0.2, 0.25) is 0 Å². The zero-order valence-electron chi connectivity index (χ0n) is 18.1. The molecule has 1 aromatic carbocycles. The molecule has 0 aliphatic carbocycles. The van der Waals surface area contributed by atoms with Crippen molar-refractivity contribution in [2.75, 3.05) is 5.32 Å². The van der Waals surface area contributed by atoms with Crippen molar-refractivity contribution in [1.29, 1.82) is 0 Å². The Morgan fingerprint density at radius 2 is 1.80 bits per heavy atom. The molecule has 3 N–H and O–H groups in total. The van der Waals surface area contributed by atoms with Gasteiger partial charge in [-0.15, -0.1) is 10.2 Å². The summed E-state index contributed by atoms with van der Waals surface area (Å²) in [6.07, 6.45) is 7.25. The maximum Gasteiger partial charge on any atom is 0.242 e. The van der Waals surface area contributed by atoms with Crippen molar-refractivity contribution in [2.24, 2.45) is 7.05 Å². The van der Waals surface area contributed by atoms with Gasteiger partial charge in [-0.25, -0.2) is 4.98 Å². The molecule has 3 heterocycles. The molecule has 4 rings (SSSR count). The van der Waals surface area contributed by atoms with Crippen LogP contribution in [0, 0.1) is 0 Å². The van der Waals surface area contributed by atoms with Crippen molar-refractivity contribution in [3.05, 3.63) is 36.8 Å². The van der Waals surface area contributed by atoms with E-state index in [1.54, 1.807) is 23.1 Å². The minimum absolute atomic E-state index is 0.0363. The molecule has 1 aliphatic rings. The van der Waals surface area contributed by atoms with Crippen LogP contribution in [-0.2, 0) is 7.05 Å². The highest BCUT2D eigenvalue weighted by Gasteiger charge is 2.37. The highest BCUT2D eigenvalue weighted by molar-refractivity contribution is 5.73. The van der Waals surface area contributed by atoms with E-state index in [9.17, 15) is 5.11 Å². The second-order valence-corrected chi connectivity index (χ2v) is 9.44. The summed E-state index contributed by atoms with van der Waals surface area (Å²) in [4.78, 5) is 4.44. The summed E-state index contributed by atoms with van der Waals surface area (Å²) in [5.74, 6) is 0.638. The number of aromatic nitrogens is 5. The van der Waals surface area contributed by atoms with Crippen LogP contribution in [0.5, 0.6) is 5.75 Å². The van der Waals surface area contributed by atoms with E-state index in [2.05, 4.69) is 58.6 Å². The van der Waals surface area contributed by atoms with E-state index in [1.807, 2.05) is 25.4 Å². The minimum atomic E-state index is 0.0363. The number of aromatic hydroxyl groups is 1. The van der Waals surface area contributed by atoms with Crippen molar-refractivity contribution in [3.8, 4) is 28.1 Å². The zero-order chi connectivity index (χ0) is 21.5. The number of nitrogens with one attached hydrogen (secondary N) is 2. The average Bonchev–Trinajstić information content (AvgIpc) is 3.06. The lowest BCUT2D eigenvalue weighted by atomic mass is 9.80. The number of phenols is 1. The van der Waals surface area contributed by atoms with Crippen molar-refractivity contribution < 1.29 is 5.11 Å². The molecule has 2 aromatic heterocycles. The van der Waals surface area contributed by atoms with Crippen molar-refractivity contribution in [3.63, 3.8) is 0 Å². The third-order valence-corrected chi connectivity index (χ3v) is 5.40. The van der Waals surface area contributed by atoms with Crippen LogP contribution >= 0.6 is 0 Å². The molecule has 0 amide bonds. The van der Waals surface area contributed by atoms with Gasteiger partial charge in [0.2, 0.25) is 5.95 Å². The molecule has 1 aliphatic heterocycles. The Morgan fingerprint density at radius 3 is 2.37 bits per heavy atom. The smallest absolute Gasteiger partial charge is 0.242 e. The molecule has 158 valence electrons. The normalized spacial score (nSPS) is 18.3. The Balaban J connectivity index is 1.50. The minimum Gasteiger partial charge on any atom is -0.507 e. The van der Waals surface area contributed by atoms with Gasteiger partial charge in [0.15, 0.2) is 0 Å². The summed E-state index contributed by atoms with van der Waals surface area (Å²) in [7, 11) is 1.86. The Hall–Kier alpha value is -3.00. The molecule has 0 bridgehead atoms. The largest absolute Gasteiger partial charge is 0.507 e. The van der Waals surface area contributed by atoms with Crippen molar-refractivity contribution >= 4 is 5.95 Å². The Labute approximate surface area is 176 Å². The molecule has 0 atom stereocenters. The van der Waals surface area contributed by atoms with Crippen LogP contribution in [0.1, 0.15) is 40.5 Å². The van der Waals surface area contributed by atoms with Crippen LogP contribution < -0.4 is 10.6 Å². The lowest BCUT2D eigenvalue weighted by molar-refractivity contribution is 0.170. The van der Waals surface area contributed by atoms with Gasteiger partial charge in [0.25, 0.3) is 0 Å². The van der Waals surface area contributed by atoms with Crippen LogP contribution in [0.3, 0.4) is 0 Å². The first-order valence-corrected chi connectivity index (χ1v) is 10.2. The second-order valence-electron chi connectivity index (χ2n) is 9.44. The monoisotopic (exact) mass is 407 g/mol. The van der Waals surface area contributed by atoms with Gasteiger partial charge in [0.05, 0.1) is 12.4 Å². The number of phenolic OH excluding ortho intramolecular Hbond substituents is 1. The van der Waals surface area contributed by atoms with Gasteiger partial charge < -0.3 is 15.7 Å². The fourth-order valence-corrected chi connectivity index (χ4v) is 4.57. The highest BCUT2D eigenvalue weighted by atomic mass is 16.3. The molecule has 0 radical (unpaired) electrons. The molecule has 3 aromatic rings. The third-order valence-electron chi connectivity index (χ3n) is 5.40. The van der Waals surface area contributed by atoms with E-state index in [-0.39, 0.29) is 22.9 Å². The van der Waals surface area contributed by atoms with Crippen LogP contribution in [0.15, 0.2) is 36.8 Å². The van der Waals surface area contributed by atoms with E-state index >= 15 is 0 Å². The van der Waals surface area contributed by atoms with Gasteiger partial charge in [-0.2, -0.15) is 5.10 Å². The average molecular weight is 408 g/mol. The number of hydrogen-bond donors (Lipinski definition) is 3.